The van der Waals surface area contributed by atoms with E-state index in [1.807, 2.05) is 45.0 Å². The van der Waals surface area contributed by atoms with Gasteiger partial charge in [-0.25, -0.2) is 0 Å². The zero-order chi connectivity index (χ0) is 25.4. The highest BCUT2D eigenvalue weighted by Crippen LogP contribution is 2.26. The Morgan fingerprint density at radius 2 is 1.69 bits per heavy atom. The fraction of sp³-hybridized carbons (Fsp3) is 0.407. The number of nitrogens with zero attached hydrogens (tertiary/aromatic N) is 2. The highest BCUT2D eigenvalue weighted by Gasteiger charge is 2.21. The number of anilines is 1. The molecule has 1 unspecified atom stereocenters. The molecular weight excluding hydrogens is 444 g/mol. The number of hydrogen-bond acceptors (Lipinski definition) is 6. The lowest BCUT2D eigenvalue weighted by Crippen LogP contribution is -2.25. The summed E-state index contributed by atoms with van der Waals surface area (Å²) in [5.74, 6) is 0.457. The van der Waals surface area contributed by atoms with E-state index in [1.54, 1.807) is 12.1 Å². The molecule has 0 spiro atoms. The van der Waals surface area contributed by atoms with Crippen molar-refractivity contribution in [3.05, 3.63) is 65.5 Å². The van der Waals surface area contributed by atoms with Crippen LogP contribution in [-0.4, -0.2) is 40.3 Å². The molecule has 3 N–H and O–H groups in total. The Kier molecular flexibility index (Phi) is 8.63. The van der Waals surface area contributed by atoms with Gasteiger partial charge in [0.25, 0.3) is 5.91 Å². The summed E-state index contributed by atoms with van der Waals surface area (Å²) in [5.41, 5.74) is 3.46. The second-order valence-corrected chi connectivity index (χ2v) is 9.86. The van der Waals surface area contributed by atoms with Crippen molar-refractivity contribution in [3.8, 4) is 11.5 Å². The van der Waals surface area contributed by atoms with Gasteiger partial charge in [-0.2, -0.15) is 0 Å². The number of carboxylic acid groups (broad SMARTS) is 1. The van der Waals surface area contributed by atoms with Crippen LogP contribution in [-0.2, 0) is 16.6 Å². The predicted octanol–water partition coefficient (Wildman–Crippen LogP) is 4.92. The van der Waals surface area contributed by atoms with Gasteiger partial charge in [-0.05, 0) is 60.7 Å². The fourth-order valence-corrected chi connectivity index (χ4v) is 3.52. The van der Waals surface area contributed by atoms with Crippen molar-refractivity contribution in [2.24, 2.45) is 5.92 Å². The van der Waals surface area contributed by atoms with Crippen molar-refractivity contribution in [2.45, 2.75) is 52.4 Å². The molecule has 1 amide bonds. The van der Waals surface area contributed by atoms with Crippen LogP contribution in [0.5, 0.6) is 0 Å². The van der Waals surface area contributed by atoms with Crippen molar-refractivity contribution < 1.29 is 19.1 Å². The summed E-state index contributed by atoms with van der Waals surface area (Å²) in [5, 5.41) is 23.0. The molecule has 0 aliphatic carbocycles. The molecular formula is C27H34N4O4. The summed E-state index contributed by atoms with van der Waals surface area (Å²) in [6, 6.07) is 15.5. The van der Waals surface area contributed by atoms with Gasteiger partial charge < -0.3 is 20.2 Å². The Bertz CT molecular complexity index is 1120. The van der Waals surface area contributed by atoms with Crippen LogP contribution in [0.4, 0.5) is 5.69 Å². The molecule has 8 nitrogen and oxygen atoms in total. The molecule has 186 valence electrons. The average Bonchev–Trinajstić information content (AvgIpc) is 3.31. The van der Waals surface area contributed by atoms with Crippen molar-refractivity contribution >= 4 is 17.6 Å². The van der Waals surface area contributed by atoms with E-state index < -0.39 is 5.97 Å². The van der Waals surface area contributed by atoms with Gasteiger partial charge in [0.05, 0.1) is 6.42 Å². The third kappa shape index (κ3) is 7.95. The Morgan fingerprint density at radius 1 is 1.00 bits per heavy atom. The van der Waals surface area contributed by atoms with Crippen LogP contribution >= 0.6 is 0 Å². The molecule has 2 aromatic carbocycles. The lowest BCUT2D eigenvalue weighted by Gasteiger charge is -2.13. The maximum atomic E-state index is 12.0. The van der Waals surface area contributed by atoms with Crippen molar-refractivity contribution in [2.75, 3.05) is 18.4 Å². The molecule has 1 aromatic heterocycles. The third-order valence-corrected chi connectivity index (χ3v) is 5.59. The van der Waals surface area contributed by atoms with Gasteiger partial charge in [0.2, 0.25) is 11.8 Å². The van der Waals surface area contributed by atoms with E-state index in [2.05, 4.69) is 39.9 Å². The summed E-state index contributed by atoms with van der Waals surface area (Å²) in [6.07, 6.45) is 1.87. The lowest BCUT2D eigenvalue weighted by molar-refractivity contribution is -0.136. The number of aromatic nitrogens is 2. The summed E-state index contributed by atoms with van der Waals surface area (Å²) in [4.78, 5) is 22.6. The van der Waals surface area contributed by atoms with E-state index in [1.165, 1.54) is 5.56 Å². The summed E-state index contributed by atoms with van der Waals surface area (Å²) in [6.45, 7) is 9.30. The number of carbonyl (C=O) groups excluding carboxylic acids is 1. The highest BCUT2D eigenvalue weighted by atomic mass is 16.4. The quantitative estimate of drug-likeness (QED) is 0.358. The maximum Gasteiger partial charge on any atom is 0.305 e. The Morgan fingerprint density at radius 3 is 2.29 bits per heavy atom. The van der Waals surface area contributed by atoms with E-state index in [0.717, 1.165) is 30.6 Å². The minimum absolute atomic E-state index is 0.0926. The normalized spacial score (nSPS) is 12.2. The van der Waals surface area contributed by atoms with Gasteiger partial charge >= 0.3 is 5.97 Å². The molecule has 0 radical (unpaired) electrons. The first-order valence-corrected chi connectivity index (χ1v) is 11.9. The number of amides is 1. The molecule has 1 atom stereocenters. The van der Waals surface area contributed by atoms with E-state index >= 15 is 0 Å². The second kappa shape index (κ2) is 11.6. The molecule has 0 fully saturated rings. The third-order valence-electron chi connectivity index (χ3n) is 5.59. The highest BCUT2D eigenvalue weighted by molar-refractivity contribution is 5.94. The molecule has 0 aliphatic heterocycles. The minimum Gasteiger partial charge on any atom is -0.481 e. The lowest BCUT2D eigenvalue weighted by atomic mass is 9.97. The standard InChI is InChI=1S/C27H34N4O4/c1-18(13-15-28-22-11-9-20(10-12-22)24(34)29-16-14-23(32)33)17-19-5-7-21(8-6-19)25-30-31-26(35-25)27(2,3)4/h5-12,18,28H,13-17H2,1-4H3,(H,29,34)(H,32,33). The van der Waals surface area contributed by atoms with Gasteiger partial charge in [0.1, 0.15) is 0 Å². The minimum atomic E-state index is -0.936. The molecule has 0 saturated carbocycles. The van der Waals surface area contributed by atoms with Crippen LogP contribution in [0.1, 0.15) is 62.3 Å². The molecule has 0 bridgehead atoms. The van der Waals surface area contributed by atoms with E-state index in [0.29, 0.717) is 23.3 Å². The number of carboxylic acids is 1. The molecule has 3 rings (SSSR count). The number of nitrogens with one attached hydrogen (secondary N) is 2. The topological polar surface area (TPSA) is 117 Å². The van der Waals surface area contributed by atoms with Crippen molar-refractivity contribution in [3.63, 3.8) is 0 Å². The second-order valence-electron chi connectivity index (χ2n) is 9.86. The van der Waals surface area contributed by atoms with E-state index in [9.17, 15) is 9.59 Å². The van der Waals surface area contributed by atoms with Crippen LogP contribution in [0.15, 0.2) is 52.9 Å². The largest absolute Gasteiger partial charge is 0.481 e. The first kappa shape index (κ1) is 25.9. The van der Waals surface area contributed by atoms with Crippen LogP contribution in [0.2, 0.25) is 0 Å². The molecule has 1 heterocycles. The van der Waals surface area contributed by atoms with Gasteiger partial charge in [-0.15, -0.1) is 10.2 Å². The fourth-order valence-electron chi connectivity index (χ4n) is 3.52. The SMILES string of the molecule is CC(CCNc1ccc(C(=O)NCCC(=O)O)cc1)Cc1ccc(-c2nnc(C(C)(C)C)o2)cc1. The molecule has 0 saturated heterocycles. The Balaban J connectivity index is 1.42. The number of carbonyl (C=O) groups is 2. The van der Waals surface area contributed by atoms with E-state index in [-0.39, 0.29) is 24.3 Å². The Hall–Kier alpha value is -3.68. The monoisotopic (exact) mass is 478 g/mol. The number of benzene rings is 2. The zero-order valence-corrected chi connectivity index (χ0v) is 20.8. The smallest absolute Gasteiger partial charge is 0.305 e. The van der Waals surface area contributed by atoms with Crippen molar-refractivity contribution in [1.29, 1.82) is 0 Å². The van der Waals surface area contributed by atoms with Gasteiger partial charge in [-0.1, -0.05) is 39.8 Å². The number of aliphatic carboxylic acids is 1. The van der Waals surface area contributed by atoms with Gasteiger partial charge in [0.15, 0.2) is 0 Å². The van der Waals surface area contributed by atoms with E-state index in [4.69, 9.17) is 9.52 Å². The zero-order valence-electron chi connectivity index (χ0n) is 20.8. The Labute approximate surface area is 206 Å². The molecule has 0 aliphatic rings. The molecule has 3 aromatic rings. The summed E-state index contributed by atoms with van der Waals surface area (Å²) in [7, 11) is 0. The first-order chi connectivity index (χ1) is 16.6. The maximum absolute atomic E-state index is 12.0. The summed E-state index contributed by atoms with van der Waals surface area (Å²) < 4.78 is 5.82. The van der Waals surface area contributed by atoms with Crippen molar-refractivity contribution in [1.82, 2.24) is 15.5 Å². The average molecular weight is 479 g/mol. The predicted molar refractivity (Wildman–Crippen MR) is 135 cm³/mol. The molecule has 35 heavy (non-hydrogen) atoms. The van der Waals surface area contributed by atoms with Crippen LogP contribution in [0.3, 0.4) is 0 Å². The first-order valence-electron chi connectivity index (χ1n) is 11.9. The van der Waals surface area contributed by atoms with Crippen LogP contribution in [0, 0.1) is 5.92 Å². The molecule has 8 heteroatoms. The summed E-state index contributed by atoms with van der Waals surface area (Å²) >= 11 is 0. The van der Waals surface area contributed by atoms with Gasteiger partial charge in [-0.3, -0.25) is 9.59 Å². The number of hydrogen-bond donors (Lipinski definition) is 3. The van der Waals surface area contributed by atoms with Gasteiger partial charge in [0, 0.05) is 35.3 Å². The number of rotatable bonds is 11. The van der Waals surface area contributed by atoms with Crippen LogP contribution in [0.25, 0.3) is 11.5 Å². The van der Waals surface area contributed by atoms with Crippen LogP contribution < -0.4 is 10.6 Å².